The van der Waals surface area contributed by atoms with Gasteiger partial charge in [0.25, 0.3) is 0 Å². The van der Waals surface area contributed by atoms with Crippen molar-refractivity contribution in [1.29, 1.82) is 0 Å². The van der Waals surface area contributed by atoms with E-state index in [4.69, 9.17) is 5.73 Å². The van der Waals surface area contributed by atoms with Gasteiger partial charge in [-0.15, -0.1) is 0 Å². The van der Waals surface area contributed by atoms with E-state index in [-0.39, 0.29) is 18.5 Å². The highest BCUT2D eigenvalue weighted by Gasteiger charge is 2.33. The first kappa shape index (κ1) is 13.5. The Labute approximate surface area is 109 Å². The molecular formula is C14H24N2O2. The number of primary amides is 1. The van der Waals surface area contributed by atoms with E-state index in [0.29, 0.717) is 18.2 Å². The Morgan fingerprint density at radius 1 is 1.11 bits per heavy atom. The molecule has 0 aliphatic heterocycles. The van der Waals surface area contributed by atoms with Crippen LogP contribution in [0.15, 0.2) is 0 Å². The molecule has 1 atom stereocenters. The molecule has 0 aromatic rings. The molecule has 1 amide bonds. The Morgan fingerprint density at radius 2 is 1.78 bits per heavy atom. The minimum atomic E-state index is -0.307. The van der Waals surface area contributed by atoms with Crippen LogP contribution in [0.1, 0.15) is 57.8 Å². The van der Waals surface area contributed by atoms with E-state index in [9.17, 15) is 9.59 Å². The lowest BCUT2D eigenvalue weighted by atomic mass is 10.0. The quantitative estimate of drug-likeness (QED) is 0.773. The van der Waals surface area contributed by atoms with Gasteiger partial charge in [0.15, 0.2) is 0 Å². The van der Waals surface area contributed by atoms with Crippen LogP contribution < -0.4 is 5.73 Å². The van der Waals surface area contributed by atoms with Crippen molar-refractivity contribution >= 4 is 11.7 Å². The molecule has 4 nitrogen and oxygen atoms in total. The molecule has 0 radical (unpaired) electrons. The summed E-state index contributed by atoms with van der Waals surface area (Å²) >= 11 is 0. The van der Waals surface area contributed by atoms with Gasteiger partial charge < -0.3 is 5.73 Å². The summed E-state index contributed by atoms with van der Waals surface area (Å²) in [6, 6.07) is 0.340. The SMILES string of the molecule is NC(=O)CN(C1CCCC1)C1CCCCCC1=O. The minimum Gasteiger partial charge on any atom is -0.369 e. The van der Waals surface area contributed by atoms with Crippen LogP contribution in [0.3, 0.4) is 0 Å². The number of amides is 1. The van der Waals surface area contributed by atoms with E-state index in [2.05, 4.69) is 4.90 Å². The Kier molecular flexibility index (Phi) is 4.75. The van der Waals surface area contributed by atoms with Crippen LogP contribution in [-0.4, -0.2) is 35.2 Å². The van der Waals surface area contributed by atoms with Crippen molar-refractivity contribution in [3.05, 3.63) is 0 Å². The third-order valence-corrected chi connectivity index (χ3v) is 4.30. The normalized spacial score (nSPS) is 26.5. The average Bonchev–Trinajstić information content (AvgIpc) is 2.76. The summed E-state index contributed by atoms with van der Waals surface area (Å²) in [5.74, 6) is 0.0135. The molecule has 2 fully saturated rings. The van der Waals surface area contributed by atoms with Crippen molar-refractivity contribution < 1.29 is 9.59 Å². The molecule has 4 heteroatoms. The molecule has 0 saturated heterocycles. The number of hydrogen-bond donors (Lipinski definition) is 1. The van der Waals surface area contributed by atoms with Crippen LogP contribution in [0.2, 0.25) is 0 Å². The van der Waals surface area contributed by atoms with E-state index < -0.39 is 0 Å². The lowest BCUT2D eigenvalue weighted by Gasteiger charge is -2.34. The monoisotopic (exact) mass is 252 g/mol. The lowest BCUT2D eigenvalue weighted by molar-refractivity contribution is -0.127. The van der Waals surface area contributed by atoms with Gasteiger partial charge in [0.2, 0.25) is 5.91 Å². The maximum atomic E-state index is 12.2. The van der Waals surface area contributed by atoms with Gasteiger partial charge in [0.1, 0.15) is 5.78 Å². The summed E-state index contributed by atoms with van der Waals surface area (Å²) < 4.78 is 0. The van der Waals surface area contributed by atoms with Crippen molar-refractivity contribution in [2.45, 2.75) is 69.9 Å². The van der Waals surface area contributed by atoms with Gasteiger partial charge in [-0.2, -0.15) is 0 Å². The smallest absolute Gasteiger partial charge is 0.231 e. The first-order valence-corrected chi connectivity index (χ1v) is 7.25. The van der Waals surface area contributed by atoms with E-state index in [1.807, 2.05) is 0 Å². The molecule has 0 heterocycles. The topological polar surface area (TPSA) is 63.4 Å². The average molecular weight is 252 g/mol. The van der Waals surface area contributed by atoms with Crippen molar-refractivity contribution in [2.24, 2.45) is 5.73 Å². The molecule has 2 aliphatic rings. The number of hydrogen-bond acceptors (Lipinski definition) is 3. The summed E-state index contributed by atoms with van der Waals surface area (Å²) in [6.07, 6.45) is 9.45. The first-order valence-electron chi connectivity index (χ1n) is 7.25. The van der Waals surface area contributed by atoms with Crippen molar-refractivity contribution in [2.75, 3.05) is 6.54 Å². The molecule has 0 bridgehead atoms. The van der Waals surface area contributed by atoms with Gasteiger partial charge in [-0.3, -0.25) is 14.5 Å². The molecule has 18 heavy (non-hydrogen) atoms. The number of nitrogens with two attached hydrogens (primary N) is 1. The third-order valence-electron chi connectivity index (χ3n) is 4.30. The van der Waals surface area contributed by atoms with E-state index >= 15 is 0 Å². The molecule has 1 unspecified atom stereocenters. The second kappa shape index (κ2) is 6.32. The summed E-state index contributed by atoms with van der Waals surface area (Å²) in [4.78, 5) is 25.6. The van der Waals surface area contributed by atoms with Gasteiger partial charge >= 0.3 is 0 Å². The Hall–Kier alpha value is -0.900. The van der Waals surface area contributed by atoms with Crippen LogP contribution in [0.25, 0.3) is 0 Å². The standard InChI is InChI=1S/C14H24N2O2/c15-14(18)10-16(11-6-4-5-7-11)12-8-2-1-3-9-13(12)17/h11-12H,1-10H2,(H2,15,18). The maximum Gasteiger partial charge on any atom is 0.231 e. The molecule has 2 rings (SSSR count). The molecule has 2 saturated carbocycles. The highest BCUT2D eigenvalue weighted by Crippen LogP contribution is 2.28. The molecule has 0 spiro atoms. The predicted molar refractivity (Wildman–Crippen MR) is 70.0 cm³/mol. The van der Waals surface area contributed by atoms with Gasteiger partial charge in [0, 0.05) is 12.5 Å². The summed E-state index contributed by atoms with van der Waals surface area (Å²) in [7, 11) is 0. The number of ketones is 1. The molecule has 2 N–H and O–H groups in total. The van der Waals surface area contributed by atoms with Crippen LogP contribution in [0.4, 0.5) is 0 Å². The minimum absolute atomic E-state index is 0.0527. The van der Waals surface area contributed by atoms with E-state index in [1.54, 1.807) is 0 Å². The van der Waals surface area contributed by atoms with Gasteiger partial charge in [-0.25, -0.2) is 0 Å². The summed E-state index contributed by atoms with van der Waals surface area (Å²) in [5, 5.41) is 0. The molecule has 2 aliphatic carbocycles. The maximum absolute atomic E-state index is 12.2. The second-order valence-corrected chi connectivity index (χ2v) is 5.66. The van der Waals surface area contributed by atoms with Gasteiger partial charge in [-0.1, -0.05) is 25.7 Å². The van der Waals surface area contributed by atoms with Crippen molar-refractivity contribution in [3.63, 3.8) is 0 Å². The molecule has 0 aromatic heterocycles. The number of nitrogens with zero attached hydrogens (tertiary/aromatic N) is 1. The van der Waals surface area contributed by atoms with Crippen LogP contribution in [0.5, 0.6) is 0 Å². The second-order valence-electron chi connectivity index (χ2n) is 5.66. The van der Waals surface area contributed by atoms with Gasteiger partial charge in [-0.05, 0) is 25.7 Å². The highest BCUT2D eigenvalue weighted by atomic mass is 16.1. The lowest BCUT2D eigenvalue weighted by Crippen LogP contribution is -2.49. The largest absolute Gasteiger partial charge is 0.369 e. The van der Waals surface area contributed by atoms with Crippen LogP contribution >= 0.6 is 0 Å². The Bertz CT molecular complexity index is 311. The molecule has 102 valence electrons. The highest BCUT2D eigenvalue weighted by molar-refractivity contribution is 5.85. The van der Waals surface area contributed by atoms with E-state index in [1.165, 1.54) is 12.8 Å². The van der Waals surface area contributed by atoms with Crippen molar-refractivity contribution in [1.82, 2.24) is 4.90 Å². The van der Waals surface area contributed by atoms with Crippen molar-refractivity contribution in [3.8, 4) is 0 Å². The number of rotatable bonds is 4. The first-order chi connectivity index (χ1) is 8.68. The van der Waals surface area contributed by atoms with Gasteiger partial charge in [0.05, 0.1) is 12.6 Å². The van der Waals surface area contributed by atoms with Crippen LogP contribution in [0, 0.1) is 0 Å². The molecule has 0 aromatic carbocycles. The zero-order chi connectivity index (χ0) is 13.0. The van der Waals surface area contributed by atoms with E-state index in [0.717, 1.165) is 38.5 Å². The fourth-order valence-corrected chi connectivity index (χ4v) is 3.40. The Balaban J connectivity index is 2.09. The number of carbonyl (C=O) groups is 2. The zero-order valence-corrected chi connectivity index (χ0v) is 11.1. The number of carbonyl (C=O) groups excluding carboxylic acids is 2. The molecular weight excluding hydrogens is 228 g/mol. The number of Topliss-reactive ketones (excluding diaryl/α,β-unsaturated/α-hetero) is 1. The Morgan fingerprint density at radius 3 is 2.44 bits per heavy atom. The summed E-state index contributed by atoms with van der Waals surface area (Å²) in [5.41, 5.74) is 5.36. The fourth-order valence-electron chi connectivity index (χ4n) is 3.40. The fraction of sp³-hybridized carbons (Fsp3) is 0.857. The van der Waals surface area contributed by atoms with Crippen LogP contribution in [-0.2, 0) is 9.59 Å². The third kappa shape index (κ3) is 3.31. The predicted octanol–water partition coefficient (Wildman–Crippen LogP) is 1.62. The summed E-state index contributed by atoms with van der Waals surface area (Å²) in [6.45, 7) is 0.251. The zero-order valence-electron chi connectivity index (χ0n) is 11.1.